The minimum Gasteiger partial charge on any atom is -0.426 e. The summed E-state index contributed by atoms with van der Waals surface area (Å²) in [5.41, 5.74) is -0.925. The Morgan fingerprint density at radius 2 is 1.75 bits per heavy atom. The molecule has 1 fully saturated rings. The van der Waals surface area contributed by atoms with Gasteiger partial charge in [-0.2, -0.15) is 0 Å². The number of H-pyrrole nitrogens is 1. The van der Waals surface area contributed by atoms with Crippen LogP contribution >= 0.6 is 8.60 Å². The Hall–Kier alpha value is -2.58. The largest absolute Gasteiger partial charge is 0.426 e. The van der Waals surface area contributed by atoms with Crippen molar-refractivity contribution in [3.8, 4) is 18.1 Å². The van der Waals surface area contributed by atoms with Crippen molar-refractivity contribution in [2.24, 2.45) is 0 Å². The van der Waals surface area contributed by atoms with Crippen molar-refractivity contribution >= 4 is 8.60 Å². The van der Waals surface area contributed by atoms with Crippen LogP contribution in [0.4, 0.5) is 4.39 Å². The maximum absolute atomic E-state index is 15.5. The van der Waals surface area contributed by atoms with Crippen molar-refractivity contribution in [1.29, 1.82) is 0 Å². The van der Waals surface area contributed by atoms with Crippen molar-refractivity contribution in [2.75, 3.05) is 0 Å². The second-order valence-electron chi connectivity index (χ2n) is 11.4. The second-order valence-corrected chi connectivity index (χ2v) is 12.5. The first-order valence-corrected chi connectivity index (χ1v) is 14.2. The Morgan fingerprint density at radius 1 is 1.12 bits per heavy atom. The molecular weight excluding hydrogens is 542 g/mol. The zero-order valence-electron chi connectivity index (χ0n) is 24.1. The number of nitrogens with one attached hydrogen (secondary N) is 1. The molecule has 2 aromatic rings. The molecule has 220 valence electrons. The van der Waals surface area contributed by atoms with E-state index in [4.69, 9.17) is 24.7 Å². The summed E-state index contributed by atoms with van der Waals surface area (Å²) in [5.74, 6) is -0.859. The third-order valence-corrected chi connectivity index (χ3v) is 7.55. The Balaban J connectivity index is 0.00000216. The molecule has 1 aromatic carbocycles. The lowest BCUT2D eigenvalue weighted by Gasteiger charge is -2.35. The minimum absolute atomic E-state index is 0.0743. The molecule has 4 rings (SSSR count). The average Bonchev–Trinajstić information content (AvgIpc) is 3.35. The molecule has 12 heteroatoms. The van der Waals surface area contributed by atoms with Gasteiger partial charge in [0.05, 0.1) is 12.2 Å². The highest BCUT2D eigenvalue weighted by molar-refractivity contribution is 7.42. The fourth-order valence-corrected chi connectivity index (χ4v) is 5.44. The number of aromatic nitrogens is 2. The molecule has 2 aliphatic rings. The van der Waals surface area contributed by atoms with Crippen LogP contribution < -0.4 is 15.8 Å². The van der Waals surface area contributed by atoms with Crippen LogP contribution in [0.15, 0.2) is 21.9 Å². The van der Waals surface area contributed by atoms with Crippen LogP contribution in [-0.2, 0) is 31.2 Å². The molecule has 0 radical (unpaired) electrons. The Kier molecular flexibility index (Phi) is 9.36. The number of ether oxygens (including phenoxy) is 1. The van der Waals surface area contributed by atoms with Crippen LogP contribution in [0.3, 0.4) is 0 Å². The molecule has 1 saturated heterocycles. The molecule has 40 heavy (non-hydrogen) atoms. The van der Waals surface area contributed by atoms with E-state index in [-0.39, 0.29) is 36.3 Å². The summed E-state index contributed by atoms with van der Waals surface area (Å²) in [6.45, 7) is 15.5. The highest BCUT2D eigenvalue weighted by Gasteiger charge is 2.48. The molecule has 0 amide bonds. The number of hydrogen-bond acceptors (Lipinski definition) is 8. The van der Waals surface area contributed by atoms with Gasteiger partial charge in [-0.25, -0.2) is 13.7 Å². The molecule has 3 unspecified atom stereocenters. The van der Waals surface area contributed by atoms with Crippen LogP contribution in [0, 0.1) is 18.2 Å². The molecule has 0 aliphatic carbocycles. The maximum atomic E-state index is 15.5. The molecule has 0 spiro atoms. The lowest BCUT2D eigenvalue weighted by atomic mass is 9.78. The van der Waals surface area contributed by atoms with Gasteiger partial charge in [0, 0.05) is 11.8 Å². The third-order valence-electron chi connectivity index (χ3n) is 6.46. The summed E-state index contributed by atoms with van der Waals surface area (Å²) >= 11 is 0. The maximum Gasteiger partial charge on any atom is 0.402 e. The summed E-state index contributed by atoms with van der Waals surface area (Å²) in [6.07, 6.45) is 4.54. The summed E-state index contributed by atoms with van der Waals surface area (Å²) < 4.78 is 39.1. The molecular formula is C28H38FN2O8P. The quantitative estimate of drug-likeness (QED) is 0.275. The van der Waals surface area contributed by atoms with Crippen molar-refractivity contribution < 1.29 is 32.9 Å². The van der Waals surface area contributed by atoms with Crippen LogP contribution in [0.5, 0.6) is 5.75 Å². The van der Waals surface area contributed by atoms with Crippen LogP contribution in [-0.4, -0.2) is 31.8 Å². The van der Waals surface area contributed by atoms with Gasteiger partial charge in [-0.3, -0.25) is 18.9 Å². The predicted octanol–water partition coefficient (Wildman–Crippen LogP) is 4.45. The van der Waals surface area contributed by atoms with Crippen LogP contribution in [0.1, 0.15) is 96.7 Å². The fraction of sp³-hybridized carbons (Fsp3) is 0.571. The number of aliphatic hydroxyl groups is 2. The number of rotatable bonds is 4. The molecule has 3 heterocycles. The van der Waals surface area contributed by atoms with Gasteiger partial charge in [0.1, 0.15) is 29.5 Å². The van der Waals surface area contributed by atoms with E-state index in [0.717, 1.165) is 10.1 Å². The summed E-state index contributed by atoms with van der Waals surface area (Å²) in [4.78, 5) is 26.1. The van der Waals surface area contributed by atoms with Crippen LogP contribution in [0.25, 0.3) is 0 Å². The standard InChI is InChI=1S/C26H32FN2O8P.C2H6/c1-8-14-12-29(23(31)28-22(14)30)19-10-9-18(35-19)26(32,33)37-38-34-13-15-20(27)16(24(2,3)4)11-17(21(15)36-38)25(5,6)7;1-2/h1,11-12,18-19,32-33H,9-10,13H2,2-7H3,(H,28,30,31);1-2H3. The summed E-state index contributed by atoms with van der Waals surface area (Å²) in [7, 11) is -2.35. The van der Waals surface area contributed by atoms with E-state index in [1.807, 2.05) is 55.4 Å². The van der Waals surface area contributed by atoms with Gasteiger partial charge in [0.15, 0.2) is 0 Å². The van der Waals surface area contributed by atoms with Gasteiger partial charge in [0.25, 0.3) is 5.56 Å². The molecule has 3 atom stereocenters. The Labute approximate surface area is 234 Å². The molecule has 0 bridgehead atoms. The number of halogens is 1. The van der Waals surface area contributed by atoms with Crippen molar-refractivity contribution in [2.45, 2.75) is 104 Å². The van der Waals surface area contributed by atoms with Gasteiger partial charge in [0.2, 0.25) is 0 Å². The smallest absolute Gasteiger partial charge is 0.402 e. The SMILES string of the molecule is C#Cc1cn(C2CCC(C(O)(O)OP3OCc4c(F)c(C(C)(C)C)cc(C(C)(C)C)c4O3)O2)c(=O)[nH]c1=O.CC. The predicted molar refractivity (Wildman–Crippen MR) is 148 cm³/mol. The van der Waals surface area contributed by atoms with Crippen molar-refractivity contribution in [3.63, 3.8) is 0 Å². The molecule has 2 aliphatic heterocycles. The van der Waals surface area contributed by atoms with Gasteiger partial charge in [-0.05, 0) is 35.3 Å². The van der Waals surface area contributed by atoms with Gasteiger partial charge in [-0.15, -0.1) is 6.42 Å². The minimum atomic E-state index is -2.86. The number of fused-ring (bicyclic) bond motifs is 1. The Bertz CT molecular complexity index is 1400. The molecule has 10 nitrogen and oxygen atoms in total. The lowest BCUT2D eigenvalue weighted by molar-refractivity contribution is -0.346. The van der Waals surface area contributed by atoms with E-state index >= 15 is 4.39 Å². The molecule has 3 N–H and O–H groups in total. The normalized spacial score (nSPS) is 21.1. The Morgan fingerprint density at radius 3 is 2.33 bits per heavy atom. The van der Waals surface area contributed by atoms with E-state index < -0.39 is 54.8 Å². The van der Waals surface area contributed by atoms with E-state index in [0.29, 0.717) is 5.56 Å². The number of benzene rings is 1. The number of nitrogens with zero attached hydrogens (tertiary/aromatic N) is 1. The first-order chi connectivity index (χ1) is 18.5. The van der Waals surface area contributed by atoms with Crippen LogP contribution in [0.2, 0.25) is 0 Å². The first-order valence-electron chi connectivity index (χ1n) is 13.1. The van der Waals surface area contributed by atoms with E-state index in [9.17, 15) is 19.8 Å². The van der Waals surface area contributed by atoms with E-state index in [2.05, 4.69) is 10.9 Å². The van der Waals surface area contributed by atoms with E-state index in [1.165, 1.54) is 6.20 Å². The van der Waals surface area contributed by atoms with Crippen molar-refractivity contribution in [1.82, 2.24) is 9.55 Å². The number of hydrogen-bond donors (Lipinski definition) is 3. The lowest BCUT2D eigenvalue weighted by Crippen LogP contribution is -2.44. The zero-order valence-corrected chi connectivity index (χ0v) is 25.0. The number of aromatic amines is 1. The average molecular weight is 581 g/mol. The first kappa shape index (κ1) is 31.9. The summed E-state index contributed by atoms with van der Waals surface area (Å²) in [5, 5.41) is 21.5. The highest BCUT2D eigenvalue weighted by Crippen LogP contribution is 2.54. The van der Waals surface area contributed by atoms with Crippen molar-refractivity contribution in [3.05, 3.63) is 61.2 Å². The molecule has 1 aromatic heterocycles. The monoisotopic (exact) mass is 580 g/mol. The molecule has 0 saturated carbocycles. The van der Waals surface area contributed by atoms with Gasteiger partial charge >= 0.3 is 20.3 Å². The topological polar surface area (TPSA) is 132 Å². The second kappa shape index (κ2) is 11.7. The summed E-state index contributed by atoms with van der Waals surface area (Å²) in [6, 6.07) is 1.77. The highest BCUT2D eigenvalue weighted by atomic mass is 31.2. The number of terminal acetylenes is 1. The van der Waals surface area contributed by atoms with Gasteiger partial charge in [-0.1, -0.05) is 61.3 Å². The third kappa shape index (κ3) is 6.49. The zero-order chi connectivity index (χ0) is 30.2. The van der Waals surface area contributed by atoms with Gasteiger partial charge < -0.3 is 19.5 Å². The fourth-order valence-electron chi connectivity index (χ4n) is 4.37. The van der Waals surface area contributed by atoms with E-state index in [1.54, 1.807) is 6.07 Å².